The van der Waals surface area contributed by atoms with Gasteiger partial charge in [-0.15, -0.1) is 11.6 Å². The van der Waals surface area contributed by atoms with Crippen molar-refractivity contribution >= 4 is 23.3 Å². The van der Waals surface area contributed by atoms with Gasteiger partial charge >= 0.3 is 0 Å². The first-order chi connectivity index (χ1) is 5.61. The van der Waals surface area contributed by atoms with Crippen LogP contribution in [-0.4, -0.2) is 35.6 Å². The molecular formula is C8H14ClNO2. The van der Waals surface area contributed by atoms with Crippen molar-refractivity contribution in [3.63, 3.8) is 0 Å². The normalized spacial score (nSPS) is 9.58. The highest BCUT2D eigenvalue weighted by molar-refractivity contribution is 6.18. The summed E-state index contributed by atoms with van der Waals surface area (Å²) in [6, 6.07) is 0. The Labute approximate surface area is 77.7 Å². The summed E-state index contributed by atoms with van der Waals surface area (Å²) < 4.78 is 0. The number of carbonyl (C=O) groups excluding carboxylic acids is 2. The number of ketones is 1. The minimum atomic E-state index is -0.134. The lowest BCUT2D eigenvalue weighted by Crippen LogP contribution is -2.33. The van der Waals surface area contributed by atoms with E-state index >= 15 is 0 Å². The number of rotatable bonds is 5. The molecule has 0 aliphatic heterocycles. The monoisotopic (exact) mass is 191 g/mol. The summed E-state index contributed by atoms with van der Waals surface area (Å²) in [4.78, 5) is 23.4. The van der Waals surface area contributed by atoms with Gasteiger partial charge in [0.25, 0.3) is 0 Å². The van der Waals surface area contributed by atoms with Crippen LogP contribution >= 0.6 is 11.6 Å². The number of alkyl halides is 1. The van der Waals surface area contributed by atoms with Crippen LogP contribution in [0.2, 0.25) is 0 Å². The number of hydrogen-bond donors (Lipinski definition) is 0. The zero-order valence-electron chi connectivity index (χ0n) is 7.47. The highest BCUT2D eigenvalue weighted by atomic mass is 35.5. The van der Waals surface area contributed by atoms with E-state index in [1.807, 2.05) is 6.92 Å². The van der Waals surface area contributed by atoms with E-state index in [9.17, 15) is 9.59 Å². The first kappa shape index (κ1) is 11.4. The molecule has 0 saturated carbocycles. The second-order valence-corrected chi connectivity index (χ2v) is 2.92. The van der Waals surface area contributed by atoms with Crippen molar-refractivity contribution in [2.24, 2.45) is 0 Å². The molecule has 0 radical (unpaired) electrons. The number of nitrogens with zero attached hydrogens (tertiary/aromatic N) is 1. The van der Waals surface area contributed by atoms with Crippen LogP contribution in [0.4, 0.5) is 0 Å². The fourth-order valence-electron chi connectivity index (χ4n) is 0.886. The van der Waals surface area contributed by atoms with Gasteiger partial charge in [-0.2, -0.15) is 0 Å². The second kappa shape index (κ2) is 6.00. The van der Waals surface area contributed by atoms with Crippen LogP contribution in [0.1, 0.15) is 20.3 Å². The van der Waals surface area contributed by atoms with E-state index in [0.717, 1.165) is 0 Å². The van der Waals surface area contributed by atoms with Crippen molar-refractivity contribution in [1.29, 1.82) is 0 Å². The van der Waals surface area contributed by atoms with Gasteiger partial charge in [0.15, 0.2) is 0 Å². The molecular weight excluding hydrogens is 178 g/mol. The lowest BCUT2D eigenvalue weighted by molar-refractivity contribution is -0.134. The van der Waals surface area contributed by atoms with Crippen molar-refractivity contribution in [2.75, 3.05) is 19.0 Å². The standard InChI is InChI=1S/C8H14ClNO2/c1-3-10(5-4-9)8(12)6-7(2)11/h3-6H2,1-2H3. The predicted octanol–water partition coefficient (Wildman–Crippen LogP) is 1.05. The van der Waals surface area contributed by atoms with E-state index in [-0.39, 0.29) is 18.1 Å². The van der Waals surface area contributed by atoms with Gasteiger partial charge in [-0.05, 0) is 13.8 Å². The Balaban J connectivity index is 3.93. The van der Waals surface area contributed by atoms with Crippen molar-refractivity contribution in [2.45, 2.75) is 20.3 Å². The Kier molecular flexibility index (Phi) is 5.72. The third-order valence-electron chi connectivity index (χ3n) is 1.49. The molecule has 0 unspecified atom stereocenters. The molecule has 0 aromatic rings. The molecule has 0 fully saturated rings. The summed E-state index contributed by atoms with van der Waals surface area (Å²) in [6.07, 6.45) is -0.00920. The summed E-state index contributed by atoms with van der Waals surface area (Å²) in [6.45, 7) is 4.40. The number of amides is 1. The van der Waals surface area contributed by atoms with Crippen LogP contribution < -0.4 is 0 Å². The molecule has 70 valence electrons. The lowest BCUT2D eigenvalue weighted by atomic mass is 10.3. The molecule has 0 aliphatic rings. The van der Waals surface area contributed by atoms with Crippen LogP contribution in [0.3, 0.4) is 0 Å². The fraction of sp³-hybridized carbons (Fsp3) is 0.750. The molecule has 0 aromatic heterocycles. The number of carbonyl (C=O) groups is 2. The van der Waals surface area contributed by atoms with E-state index in [4.69, 9.17) is 11.6 Å². The Morgan fingerprint density at radius 3 is 2.33 bits per heavy atom. The van der Waals surface area contributed by atoms with Gasteiger partial charge in [-0.3, -0.25) is 9.59 Å². The molecule has 4 heteroatoms. The third kappa shape index (κ3) is 4.34. The zero-order chi connectivity index (χ0) is 9.56. The minimum absolute atomic E-state index is 0.00920. The average molecular weight is 192 g/mol. The Morgan fingerprint density at radius 1 is 1.42 bits per heavy atom. The lowest BCUT2D eigenvalue weighted by Gasteiger charge is -2.18. The van der Waals surface area contributed by atoms with Crippen molar-refractivity contribution in [3.8, 4) is 0 Å². The molecule has 3 nitrogen and oxygen atoms in total. The maximum Gasteiger partial charge on any atom is 0.230 e. The summed E-state index contributed by atoms with van der Waals surface area (Å²) in [7, 11) is 0. The Bertz CT molecular complexity index is 170. The second-order valence-electron chi connectivity index (χ2n) is 2.54. The minimum Gasteiger partial charge on any atom is -0.341 e. The summed E-state index contributed by atoms with van der Waals surface area (Å²) >= 11 is 5.48. The first-order valence-corrected chi connectivity index (χ1v) is 4.48. The predicted molar refractivity (Wildman–Crippen MR) is 48.3 cm³/mol. The van der Waals surface area contributed by atoms with Gasteiger partial charge < -0.3 is 4.90 Å². The Morgan fingerprint density at radius 2 is 2.00 bits per heavy atom. The molecule has 0 atom stereocenters. The van der Waals surface area contributed by atoms with Crippen LogP contribution in [0.25, 0.3) is 0 Å². The number of hydrogen-bond acceptors (Lipinski definition) is 2. The molecule has 0 N–H and O–H groups in total. The zero-order valence-corrected chi connectivity index (χ0v) is 8.23. The van der Waals surface area contributed by atoms with Crippen molar-refractivity contribution in [3.05, 3.63) is 0 Å². The molecule has 1 amide bonds. The van der Waals surface area contributed by atoms with E-state index in [1.54, 1.807) is 4.90 Å². The van der Waals surface area contributed by atoms with Gasteiger partial charge in [0.2, 0.25) is 5.91 Å². The Hall–Kier alpha value is -0.570. The molecule has 0 saturated heterocycles. The van der Waals surface area contributed by atoms with E-state index < -0.39 is 0 Å². The molecule has 0 aliphatic carbocycles. The average Bonchev–Trinajstić information content (AvgIpc) is 1.98. The van der Waals surface area contributed by atoms with E-state index in [1.165, 1.54) is 6.92 Å². The van der Waals surface area contributed by atoms with Gasteiger partial charge in [-0.1, -0.05) is 0 Å². The van der Waals surface area contributed by atoms with Gasteiger partial charge in [0.05, 0.1) is 6.42 Å². The molecule has 0 spiro atoms. The largest absolute Gasteiger partial charge is 0.341 e. The topological polar surface area (TPSA) is 37.4 Å². The van der Waals surface area contributed by atoms with E-state index in [0.29, 0.717) is 19.0 Å². The van der Waals surface area contributed by atoms with Gasteiger partial charge in [-0.25, -0.2) is 0 Å². The van der Waals surface area contributed by atoms with Crippen LogP contribution in [0.15, 0.2) is 0 Å². The molecule has 0 heterocycles. The van der Waals surface area contributed by atoms with Gasteiger partial charge in [0, 0.05) is 19.0 Å². The quantitative estimate of drug-likeness (QED) is 0.481. The fourth-order valence-corrected chi connectivity index (χ4v) is 1.09. The van der Waals surface area contributed by atoms with E-state index in [2.05, 4.69) is 0 Å². The summed E-state index contributed by atoms with van der Waals surface area (Å²) in [5, 5.41) is 0. The maximum absolute atomic E-state index is 11.2. The van der Waals surface area contributed by atoms with Crippen LogP contribution in [0.5, 0.6) is 0 Å². The molecule has 12 heavy (non-hydrogen) atoms. The first-order valence-electron chi connectivity index (χ1n) is 3.95. The maximum atomic E-state index is 11.2. The van der Waals surface area contributed by atoms with Crippen LogP contribution in [0, 0.1) is 0 Å². The number of halogens is 1. The van der Waals surface area contributed by atoms with Gasteiger partial charge in [0.1, 0.15) is 5.78 Å². The summed E-state index contributed by atoms with van der Waals surface area (Å²) in [5.74, 6) is 0.177. The van der Waals surface area contributed by atoms with Crippen LogP contribution in [-0.2, 0) is 9.59 Å². The molecule has 0 rings (SSSR count). The SMILES string of the molecule is CCN(CCCl)C(=O)CC(C)=O. The highest BCUT2D eigenvalue weighted by Gasteiger charge is 2.12. The smallest absolute Gasteiger partial charge is 0.230 e. The molecule has 0 aromatic carbocycles. The van der Waals surface area contributed by atoms with Crippen molar-refractivity contribution in [1.82, 2.24) is 4.90 Å². The molecule has 0 bridgehead atoms. The van der Waals surface area contributed by atoms with Crippen molar-refractivity contribution < 1.29 is 9.59 Å². The number of Topliss-reactive ketones (excluding diaryl/α,β-unsaturated/α-hetero) is 1. The third-order valence-corrected chi connectivity index (χ3v) is 1.66. The highest BCUT2D eigenvalue weighted by Crippen LogP contribution is 1.95. The summed E-state index contributed by atoms with van der Waals surface area (Å²) in [5.41, 5.74) is 0.